The average molecular weight is 191 g/mol. The van der Waals surface area contributed by atoms with Crippen LogP contribution < -0.4 is 9.78 Å². The fraction of sp³-hybridized carbons (Fsp3) is 0. The fourth-order valence-corrected chi connectivity index (χ4v) is 0.461. The highest BCUT2D eigenvalue weighted by Crippen LogP contribution is 2.01. The van der Waals surface area contributed by atoms with Crippen molar-refractivity contribution in [3.63, 3.8) is 0 Å². The van der Waals surface area contributed by atoms with Crippen LogP contribution in [0.5, 0.6) is 5.88 Å². The molecule has 1 aromatic heterocycles. The van der Waals surface area contributed by atoms with Gasteiger partial charge in [0.2, 0.25) is 6.20 Å². The molecule has 0 radical (unpaired) electrons. The molecule has 0 aliphatic rings. The molecule has 0 aliphatic carbocycles. The molecule has 0 aromatic carbocycles. The Morgan fingerprint density at radius 3 is 2.62 bits per heavy atom. The molecule has 0 amide bonds. The Kier molecular flexibility index (Phi) is 2.19. The molecule has 13 heavy (non-hydrogen) atoms. The molecule has 0 atom stereocenters. The summed E-state index contributed by atoms with van der Waals surface area (Å²) in [5, 5.41) is 23.2. The number of aromatic nitrogens is 3. The van der Waals surface area contributed by atoms with Crippen molar-refractivity contribution in [3.05, 3.63) is 26.4 Å². The van der Waals surface area contributed by atoms with Crippen molar-refractivity contribution in [3.8, 4) is 5.88 Å². The van der Waals surface area contributed by atoms with Gasteiger partial charge in [0, 0.05) is 4.85 Å². The number of rotatable bonds is 4. The second-order valence-corrected chi connectivity index (χ2v) is 1.58. The zero-order valence-electron chi connectivity index (χ0n) is 5.76. The van der Waals surface area contributed by atoms with Crippen LogP contribution in [-0.2, 0) is 0 Å². The van der Waals surface area contributed by atoms with Gasteiger partial charge in [0.15, 0.2) is 5.09 Å². The molecule has 1 aromatic rings. The van der Waals surface area contributed by atoms with Crippen molar-refractivity contribution in [2.45, 2.75) is 0 Å². The van der Waals surface area contributed by atoms with E-state index in [0.29, 0.717) is 4.85 Å². The van der Waals surface area contributed by atoms with Gasteiger partial charge in [0.05, 0.1) is 5.21 Å². The lowest BCUT2D eigenvalue weighted by Crippen LogP contribution is -2.18. The van der Waals surface area contributed by atoms with Gasteiger partial charge < -0.3 is 0 Å². The molecule has 0 spiro atoms. The van der Waals surface area contributed by atoms with Crippen LogP contribution >= 0.6 is 0 Å². The summed E-state index contributed by atoms with van der Waals surface area (Å²) in [6.07, 6.45) is 0.728. The molecule has 0 saturated heterocycles. The minimum Gasteiger partial charge on any atom is -0.250 e. The first-order valence-electron chi connectivity index (χ1n) is 2.65. The third kappa shape index (κ3) is 2.57. The summed E-state index contributed by atoms with van der Waals surface area (Å²) in [5.74, 6) is -0.521. The molecular weight excluding hydrogens is 190 g/mol. The lowest BCUT2D eigenvalue weighted by atomic mass is 10.9. The first-order valence-corrected chi connectivity index (χ1v) is 2.65. The van der Waals surface area contributed by atoms with Crippen LogP contribution in [0.25, 0.3) is 0 Å². The minimum atomic E-state index is -1.16. The van der Waals surface area contributed by atoms with Gasteiger partial charge in [-0.15, -0.1) is 10.1 Å². The van der Waals surface area contributed by atoms with E-state index in [-0.39, 0.29) is 0 Å². The monoisotopic (exact) mass is 191 g/mol. The molecule has 0 fully saturated rings. The van der Waals surface area contributed by atoms with Gasteiger partial charge >= 0.3 is 5.09 Å². The molecule has 1 rings (SSSR count). The largest absolute Gasteiger partial charge is 0.301 e. The van der Waals surface area contributed by atoms with E-state index in [4.69, 9.17) is 0 Å². The molecule has 11 heteroatoms. The van der Waals surface area contributed by atoms with Gasteiger partial charge in [0.25, 0.3) is 5.88 Å². The number of hydrogen-bond donors (Lipinski definition) is 0. The van der Waals surface area contributed by atoms with Crippen LogP contribution in [0.2, 0.25) is 0 Å². The van der Waals surface area contributed by atoms with Crippen molar-refractivity contribution < 1.29 is 19.9 Å². The van der Waals surface area contributed by atoms with Gasteiger partial charge in [-0.2, -0.15) is 4.94 Å². The van der Waals surface area contributed by atoms with E-state index in [2.05, 4.69) is 20.1 Å². The van der Waals surface area contributed by atoms with E-state index in [1.807, 2.05) is 0 Å². The van der Waals surface area contributed by atoms with Gasteiger partial charge in [-0.25, -0.2) is 15.0 Å². The average Bonchev–Trinajstić information content (AvgIpc) is 2.33. The summed E-state index contributed by atoms with van der Waals surface area (Å²) in [6.45, 7) is 0. The second-order valence-electron chi connectivity index (χ2n) is 1.58. The highest BCUT2D eigenvalue weighted by atomic mass is 17.0. The Hall–Kier alpha value is -2.46. The Labute approximate surface area is 68.6 Å². The molecule has 0 unspecified atom stereocenters. The third-order valence-electron chi connectivity index (χ3n) is 0.771. The molecule has 0 N–H and O–H groups in total. The van der Waals surface area contributed by atoms with E-state index in [9.17, 15) is 20.2 Å². The van der Waals surface area contributed by atoms with Gasteiger partial charge in [-0.1, -0.05) is 5.10 Å². The third-order valence-corrected chi connectivity index (χ3v) is 0.771. The maximum absolute atomic E-state index is 9.73. The summed E-state index contributed by atoms with van der Waals surface area (Å²) in [7, 11) is 0. The Bertz CT molecular complexity index is 301. The quantitative estimate of drug-likeness (QED) is 0.412. The first-order chi connectivity index (χ1) is 6.08. The zero-order chi connectivity index (χ0) is 9.84. The zero-order valence-corrected chi connectivity index (χ0v) is 5.76. The molecule has 70 valence electrons. The maximum Gasteiger partial charge on any atom is 0.301 e. The van der Waals surface area contributed by atoms with E-state index >= 15 is 0 Å². The summed E-state index contributed by atoms with van der Waals surface area (Å²) in [4.78, 5) is 27.3. The predicted molar refractivity (Wildman–Crippen MR) is 31.2 cm³/mol. The summed E-state index contributed by atoms with van der Waals surface area (Å²) >= 11 is 0. The van der Waals surface area contributed by atoms with Crippen LogP contribution in [0.3, 0.4) is 0 Å². The normalized spacial score (nSPS) is 9.23. The molecular formula is C2HN5O6. The highest BCUT2D eigenvalue weighted by Gasteiger charge is 2.09. The molecule has 0 bridgehead atoms. The van der Waals surface area contributed by atoms with Crippen LogP contribution in [-0.4, -0.2) is 25.3 Å². The number of hydrogen-bond acceptors (Lipinski definition) is 8. The van der Waals surface area contributed by atoms with E-state index in [1.165, 1.54) is 0 Å². The molecule has 0 saturated carbocycles. The second kappa shape index (κ2) is 3.29. The van der Waals surface area contributed by atoms with Crippen molar-refractivity contribution in [2.75, 3.05) is 0 Å². The van der Waals surface area contributed by atoms with Crippen molar-refractivity contribution >= 4 is 0 Å². The van der Waals surface area contributed by atoms with Gasteiger partial charge in [-0.3, -0.25) is 0 Å². The predicted octanol–water partition coefficient (Wildman–Crippen LogP) is -1.53. The molecule has 0 aliphatic heterocycles. The van der Waals surface area contributed by atoms with E-state index in [1.54, 1.807) is 0 Å². The minimum absolute atomic E-state index is 0.304. The smallest absolute Gasteiger partial charge is 0.250 e. The van der Waals surface area contributed by atoms with Crippen LogP contribution in [0.15, 0.2) is 6.20 Å². The Morgan fingerprint density at radius 2 is 2.08 bits per heavy atom. The fourth-order valence-electron chi connectivity index (χ4n) is 0.461. The number of nitrogens with zero attached hydrogens (tertiary/aromatic N) is 5. The first kappa shape index (κ1) is 8.63. The topological polar surface area (TPSA) is 135 Å². The van der Waals surface area contributed by atoms with Crippen molar-refractivity contribution in [1.82, 2.24) is 15.2 Å². The van der Waals surface area contributed by atoms with Crippen LogP contribution in [0, 0.1) is 20.2 Å². The Balaban J connectivity index is 2.63. The summed E-state index contributed by atoms with van der Waals surface area (Å²) in [6, 6.07) is 0. The molecule has 1 heterocycles. The van der Waals surface area contributed by atoms with Crippen LogP contribution in [0.4, 0.5) is 0 Å². The van der Waals surface area contributed by atoms with E-state index < -0.39 is 16.1 Å². The SMILES string of the molecule is O=[N+]([O-])Oc1cn(O[N+](=O)[O-])nn1. The lowest BCUT2D eigenvalue weighted by Gasteiger charge is -1.90. The Morgan fingerprint density at radius 1 is 1.38 bits per heavy atom. The van der Waals surface area contributed by atoms with Crippen LogP contribution in [0.1, 0.15) is 0 Å². The van der Waals surface area contributed by atoms with E-state index in [0.717, 1.165) is 6.20 Å². The van der Waals surface area contributed by atoms with Crippen molar-refractivity contribution in [2.24, 2.45) is 0 Å². The molecule has 11 nitrogen and oxygen atoms in total. The van der Waals surface area contributed by atoms with Gasteiger partial charge in [-0.05, 0) is 0 Å². The van der Waals surface area contributed by atoms with Crippen molar-refractivity contribution in [1.29, 1.82) is 0 Å². The lowest BCUT2D eigenvalue weighted by molar-refractivity contribution is -0.752. The standard InChI is InChI=1S/C2HN5O6/c8-6(9)12-2-1-5(4-3-2)13-7(10)11/h1H. The highest BCUT2D eigenvalue weighted by molar-refractivity contribution is 4.96. The van der Waals surface area contributed by atoms with Gasteiger partial charge in [0.1, 0.15) is 0 Å². The summed E-state index contributed by atoms with van der Waals surface area (Å²) < 4.78 is 0. The maximum atomic E-state index is 9.73. The summed E-state index contributed by atoms with van der Waals surface area (Å²) in [5.41, 5.74) is 0.